The van der Waals surface area contributed by atoms with Gasteiger partial charge in [-0.3, -0.25) is 0 Å². The van der Waals surface area contributed by atoms with Gasteiger partial charge in [0.25, 0.3) is 0 Å². The first-order chi connectivity index (χ1) is 11.6. The van der Waals surface area contributed by atoms with Crippen molar-refractivity contribution in [1.82, 2.24) is 19.5 Å². The topological polar surface area (TPSA) is 42.7 Å². The van der Waals surface area contributed by atoms with Crippen LogP contribution in [0.5, 0.6) is 5.88 Å². The molecular weight excluding hydrogens is 324 g/mol. The fourth-order valence-electron chi connectivity index (χ4n) is 2.48. The second-order valence-corrected chi connectivity index (χ2v) is 6.39. The van der Waals surface area contributed by atoms with E-state index in [1.165, 1.54) is 0 Å². The molecule has 0 aliphatic carbocycles. The Bertz CT molecular complexity index is 816. The van der Waals surface area contributed by atoms with Crippen LogP contribution in [0.15, 0.2) is 42.6 Å². The predicted octanol–water partition coefficient (Wildman–Crippen LogP) is 3.77. The zero-order valence-corrected chi connectivity index (χ0v) is 14.7. The number of rotatable bonds is 7. The predicted molar refractivity (Wildman–Crippen MR) is 96.7 cm³/mol. The van der Waals surface area contributed by atoms with Crippen LogP contribution < -0.4 is 4.74 Å². The molecule has 2 aromatic heterocycles. The number of fused-ring (bicyclic) bond motifs is 1. The van der Waals surface area contributed by atoms with Gasteiger partial charge in [-0.15, -0.1) is 5.10 Å². The molecule has 3 rings (SSSR count). The molecule has 0 atom stereocenters. The average Bonchev–Trinajstić information content (AvgIpc) is 2.97. The third-order valence-electron chi connectivity index (χ3n) is 3.71. The Morgan fingerprint density at radius 3 is 2.83 bits per heavy atom. The van der Waals surface area contributed by atoms with Gasteiger partial charge in [-0.1, -0.05) is 23.7 Å². The lowest BCUT2D eigenvalue weighted by Crippen LogP contribution is -2.14. The number of ether oxygens (including phenoxy) is 1. The normalized spacial score (nSPS) is 11.3. The number of hydrogen-bond donors (Lipinski definition) is 0. The second kappa shape index (κ2) is 7.64. The van der Waals surface area contributed by atoms with Crippen LogP contribution in [0.3, 0.4) is 0 Å². The number of nitrogens with zero attached hydrogens (tertiary/aromatic N) is 4. The number of aromatic nitrogens is 3. The molecule has 0 amide bonds. The second-order valence-electron chi connectivity index (χ2n) is 5.95. The van der Waals surface area contributed by atoms with Crippen molar-refractivity contribution in [2.45, 2.75) is 12.8 Å². The van der Waals surface area contributed by atoms with Crippen molar-refractivity contribution < 1.29 is 4.74 Å². The third-order valence-corrected chi connectivity index (χ3v) is 3.94. The third kappa shape index (κ3) is 4.04. The van der Waals surface area contributed by atoms with E-state index in [1.807, 2.05) is 36.4 Å². The fourth-order valence-corrected chi connectivity index (χ4v) is 2.68. The van der Waals surface area contributed by atoms with Gasteiger partial charge < -0.3 is 9.64 Å². The number of halogens is 1. The van der Waals surface area contributed by atoms with E-state index < -0.39 is 0 Å². The van der Waals surface area contributed by atoms with Crippen molar-refractivity contribution >= 4 is 17.2 Å². The van der Waals surface area contributed by atoms with Crippen LogP contribution in [0, 0.1) is 0 Å². The number of hydrogen-bond acceptors (Lipinski definition) is 4. The summed E-state index contributed by atoms with van der Waals surface area (Å²) in [6.07, 6.45) is 3.91. The molecular formula is C18H21ClN4O. The van der Waals surface area contributed by atoms with Gasteiger partial charge in [0.1, 0.15) is 0 Å². The van der Waals surface area contributed by atoms with Crippen molar-refractivity contribution in [2.24, 2.45) is 0 Å². The molecule has 0 N–H and O–H groups in total. The van der Waals surface area contributed by atoms with Crippen LogP contribution in [0.4, 0.5) is 0 Å². The highest BCUT2D eigenvalue weighted by molar-refractivity contribution is 6.30. The molecule has 5 nitrogen and oxygen atoms in total. The first-order valence-electron chi connectivity index (χ1n) is 8.02. The zero-order chi connectivity index (χ0) is 16.9. The van der Waals surface area contributed by atoms with Gasteiger partial charge in [-0.05, 0) is 51.7 Å². The highest BCUT2D eigenvalue weighted by Gasteiger charge is 2.09. The molecule has 126 valence electrons. The minimum atomic E-state index is 0.605. The molecule has 0 saturated carbocycles. The highest BCUT2D eigenvalue weighted by Crippen LogP contribution is 2.24. The first kappa shape index (κ1) is 16.7. The summed E-state index contributed by atoms with van der Waals surface area (Å²) in [4.78, 5) is 6.56. The number of imidazole rings is 1. The summed E-state index contributed by atoms with van der Waals surface area (Å²) in [5.74, 6) is 0.605. The van der Waals surface area contributed by atoms with Crippen LogP contribution in [0.2, 0.25) is 5.02 Å². The van der Waals surface area contributed by atoms with E-state index in [-0.39, 0.29) is 0 Å². The standard InChI is InChI=1S/C18H21ClN4O/c1-22(2)10-3-4-11-24-18-9-8-17-20-13-16(23(17)21-18)14-6-5-7-15(19)12-14/h5-9,12-13H,3-4,10-11H2,1-2H3. The van der Waals surface area contributed by atoms with Gasteiger partial charge in [0.05, 0.1) is 18.5 Å². The first-order valence-corrected chi connectivity index (χ1v) is 8.39. The molecule has 0 spiro atoms. The zero-order valence-electron chi connectivity index (χ0n) is 13.9. The lowest BCUT2D eigenvalue weighted by atomic mass is 10.2. The van der Waals surface area contributed by atoms with E-state index in [0.29, 0.717) is 17.5 Å². The maximum Gasteiger partial charge on any atom is 0.231 e. The lowest BCUT2D eigenvalue weighted by molar-refractivity contribution is 0.280. The average molecular weight is 345 g/mol. The van der Waals surface area contributed by atoms with Crippen LogP contribution in [-0.2, 0) is 0 Å². The molecule has 0 fully saturated rings. The van der Waals surface area contributed by atoms with Crippen molar-refractivity contribution in [3.63, 3.8) is 0 Å². The summed E-state index contributed by atoms with van der Waals surface area (Å²) in [6.45, 7) is 1.73. The molecule has 0 aliphatic heterocycles. The lowest BCUT2D eigenvalue weighted by Gasteiger charge is -2.09. The summed E-state index contributed by atoms with van der Waals surface area (Å²) < 4.78 is 7.57. The van der Waals surface area contributed by atoms with E-state index >= 15 is 0 Å². The molecule has 0 bridgehead atoms. The molecule has 2 heterocycles. The van der Waals surface area contributed by atoms with Crippen molar-refractivity contribution in [1.29, 1.82) is 0 Å². The summed E-state index contributed by atoms with van der Waals surface area (Å²) in [5, 5.41) is 5.24. The largest absolute Gasteiger partial charge is 0.477 e. The molecule has 0 unspecified atom stereocenters. The van der Waals surface area contributed by atoms with Crippen molar-refractivity contribution in [3.8, 4) is 17.1 Å². The van der Waals surface area contributed by atoms with Crippen molar-refractivity contribution in [3.05, 3.63) is 47.6 Å². The van der Waals surface area contributed by atoms with E-state index in [1.54, 1.807) is 10.7 Å². The van der Waals surface area contributed by atoms with Gasteiger partial charge >= 0.3 is 0 Å². The van der Waals surface area contributed by atoms with Gasteiger partial charge in [0.2, 0.25) is 5.88 Å². The Labute approximate surface area is 146 Å². The van der Waals surface area contributed by atoms with Crippen molar-refractivity contribution in [2.75, 3.05) is 27.2 Å². The molecule has 6 heteroatoms. The van der Waals surface area contributed by atoms with Gasteiger partial charge in [-0.2, -0.15) is 0 Å². The highest BCUT2D eigenvalue weighted by atomic mass is 35.5. The Hall–Kier alpha value is -2.11. The summed E-state index contributed by atoms with van der Waals surface area (Å²) in [7, 11) is 4.15. The van der Waals surface area contributed by atoms with E-state index in [9.17, 15) is 0 Å². The summed E-state index contributed by atoms with van der Waals surface area (Å²) in [6, 6.07) is 11.4. The quantitative estimate of drug-likeness (QED) is 0.612. The fraction of sp³-hybridized carbons (Fsp3) is 0.333. The summed E-state index contributed by atoms with van der Waals surface area (Å²) >= 11 is 6.09. The molecule has 0 aliphatic rings. The van der Waals surface area contributed by atoms with E-state index in [4.69, 9.17) is 16.3 Å². The molecule has 0 saturated heterocycles. The molecule has 3 aromatic rings. The molecule has 0 radical (unpaired) electrons. The van der Waals surface area contributed by atoms with Crippen LogP contribution >= 0.6 is 11.6 Å². The monoisotopic (exact) mass is 344 g/mol. The van der Waals surface area contributed by atoms with Gasteiger partial charge in [0, 0.05) is 16.7 Å². The maximum atomic E-state index is 6.09. The minimum Gasteiger partial charge on any atom is -0.477 e. The molecule has 1 aromatic carbocycles. The SMILES string of the molecule is CN(C)CCCCOc1ccc2ncc(-c3cccc(Cl)c3)n2n1. The Morgan fingerprint density at radius 2 is 2.04 bits per heavy atom. The Balaban J connectivity index is 1.74. The van der Waals surface area contributed by atoms with Crippen LogP contribution in [0.1, 0.15) is 12.8 Å². The smallest absolute Gasteiger partial charge is 0.231 e. The van der Waals surface area contributed by atoms with Gasteiger partial charge in [0.15, 0.2) is 5.65 Å². The Morgan fingerprint density at radius 1 is 1.17 bits per heavy atom. The van der Waals surface area contributed by atoms with Gasteiger partial charge in [-0.25, -0.2) is 9.50 Å². The Kier molecular flexibility index (Phi) is 5.33. The summed E-state index contributed by atoms with van der Waals surface area (Å²) in [5.41, 5.74) is 2.65. The van der Waals surface area contributed by atoms with Crippen LogP contribution in [-0.4, -0.2) is 46.7 Å². The number of unbranched alkanes of at least 4 members (excludes halogenated alkanes) is 1. The van der Waals surface area contributed by atoms with E-state index in [0.717, 1.165) is 36.3 Å². The van der Waals surface area contributed by atoms with E-state index in [2.05, 4.69) is 29.1 Å². The maximum absolute atomic E-state index is 6.09. The number of benzene rings is 1. The minimum absolute atomic E-state index is 0.605. The molecule has 24 heavy (non-hydrogen) atoms. The van der Waals surface area contributed by atoms with Crippen LogP contribution in [0.25, 0.3) is 16.9 Å².